The van der Waals surface area contributed by atoms with Gasteiger partial charge in [-0.05, 0) is 28.0 Å². The van der Waals surface area contributed by atoms with E-state index >= 15 is 0 Å². The molecule has 0 heterocycles. The summed E-state index contributed by atoms with van der Waals surface area (Å²) in [5.74, 6) is -1.19. The number of non-ortho nitro benzene ring substituents is 1. The molecule has 5 nitrogen and oxygen atoms in total. The summed E-state index contributed by atoms with van der Waals surface area (Å²) in [6.45, 7) is 0. The Hall–Kier alpha value is -3.21. The van der Waals surface area contributed by atoms with Crippen molar-refractivity contribution in [1.29, 1.82) is 0 Å². The van der Waals surface area contributed by atoms with Crippen LogP contribution in [0, 0.1) is 10.1 Å². The number of carboxylic acid groups (broad SMARTS) is 1. The largest absolute Gasteiger partial charge is 0.478 e. The number of aromatic carboxylic acids is 1. The minimum absolute atomic E-state index is 0.0999. The zero-order valence-electron chi connectivity index (χ0n) is 11.4. The Morgan fingerprint density at radius 2 is 1.73 bits per heavy atom. The number of nitrogens with zero attached hydrogens (tertiary/aromatic N) is 1. The van der Waals surface area contributed by atoms with E-state index < -0.39 is 10.9 Å². The Balaban J connectivity index is 2.30. The Labute approximate surface area is 125 Å². The second-order valence-corrected chi connectivity index (χ2v) is 4.86. The molecule has 0 bridgehead atoms. The third-order valence-corrected chi connectivity index (χ3v) is 3.48. The van der Waals surface area contributed by atoms with Gasteiger partial charge in [-0.25, -0.2) is 4.79 Å². The summed E-state index contributed by atoms with van der Waals surface area (Å²) in [7, 11) is 0. The standard InChI is InChI=1S/C17H11NO4/c19-17(20)13-8-12(9-14(10-13)18(21)22)16-7-3-5-11-4-1-2-6-15(11)16/h1-10H,(H,19,20). The van der Waals surface area contributed by atoms with Crippen LogP contribution in [0.3, 0.4) is 0 Å². The lowest BCUT2D eigenvalue weighted by molar-refractivity contribution is -0.384. The topological polar surface area (TPSA) is 80.4 Å². The number of nitro benzene ring substituents is 1. The molecule has 0 aliphatic carbocycles. The molecule has 0 fully saturated rings. The zero-order chi connectivity index (χ0) is 15.7. The highest BCUT2D eigenvalue weighted by Gasteiger charge is 2.15. The molecule has 0 saturated carbocycles. The maximum atomic E-state index is 11.2. The van der Waals surface area contributed by atoms with E-state index in [0.29, 0.717) is 5.56 Å². The van der Waals surface area contributed by atoms with Gasteiger partial charge in [-0.3, -0.25) is 10.1 Å². The summed E-state index contributed by atoms with van der Waals surface area (Å²) in [5.41, 5.74) is 0.952. The zero-order valence-corrected chi connectivity index (χ0v) is 11.4. The number of hydrogen-bond acceptors (Lipinski definition) is 3. The number of rotatable bonds is 3. The van der Waals surface area contributed by atoms with Gasteiger partial charge < -0.3 is 5.11 Å². The molecule has 0 radical (unpaired) electrons. The predicted octanol–water partition coefficient (Wildman–Crippen LogP) is 4.11. The Bertz CT molecular complexity index is 865. The summed E-state index contributed by atoms with van der Waals surface area (Å²) in [4.78, 5) is 21.7. The van der Waals surface area contributed by atoms with Gasteiger partial charge in [-0.2, -0.15) is 0 Å². The van der Waals surface area contributed by atoms with Gasteiger partial charge in [0.2, 0.25) is 0 Å². The fourth-order valence-electron chi connectivity index (χ4n) is 2.47. The first kappa shape index (κ1) is 13.8. The van der Waals surface area contributed by atoms with Gasteiger partial charge in [0, 0.05) is 12.1 Å². The van der Waals surface area contributed by atoms with Gasteiger partial charge in [-0.15, -0.1) is 0 Å². The lowest BCUT2D eigenvalue weighted by Gasteiger charge is -2.08. The molecule has 3 aromatic rings. The van der Waals surface area contributed by atoms with Crippen molar-refractivity contribution in [3.63, 3.8) is 0 Å². The molecule has 0 saturated heterocycles. The van der Waals surface area contributed by atoms with Crippen LogP contribution < -0.4 is 0 Å². The van der Waals surface area contributed by atoms with Crippen molar-refractivity contribution in [1.82, 2.24) is 0 Å². The quantitative estimate of drug-likeness (QED) is 0.582. The van der Waals surface area contributed by atoms with Gasteiger partial charge in [0.15, 0.2) is 0 Å². The third-order valence-electron chi connectivity index (χ3n) is 3.48. The summed E-state index contributed by atoms with van der Waals surface area (Å²) in [6, 6.07) is 17.2. The van der Waals surface area contributed by atoms with Crippen LogP contribution in [0.25, 0.3) is 21.9 Å². The van der Waals surface area contributed by atoms with E-state index in [9.17, 15) is 14.9 Å². The first-order chi connectivity index (χ1) is 10.6. The van der Waals surface area contributed by atoms with Crippen LogP contribution >= 0.6 is 0 Å². The summed E-state index contributed by atoms with van der Waals surface area (Å²) in [5, 5.41) is 22.1. The summed E-state index contributed by atoms with van der Waals surface area (Å²) < 4.78 is 0. The molecule has 0 aliphatic heterocycles. The van der Waals surface area contributed by atoms with Crippen molar-refractivity contribution in [2.24, 2.45) is 0 Å². The van der Waals surface area contributed by atoms with E-state index in [-0.39, 0.29) is 11.3 Å². The van der Waals surface area contributed by atoms with Gasteiger partial charge in [0.05, 0.1) is 10.5 Å². The second-order valence-electron chi connectivity index (χ2n) is 4.86. The fraction of sp³-hybridized carbons (Fsp3) is 0. The number of nitro groups is 1. The maximum absolute atomic E-state index is 11.2. The number of fused-ring (bicyclic) bond motifs is 1. The van der Waals surface area contributed by atoms with Crippen molar-refractivity contribution in [2.75, 3.05) is 0 Å². The molecule has 108 valence electrons. The first-order valence-corrected chi connectivity index (χ1v) is 6.57. The number of carboxylic acids is 1. The number of benzene rings is 3. The fourth-order valence-corrected chi connectivity index (χ4v) is 2.47. The van der Waals surface area contributed by atoms with Crippen molar-refractivity contribution >= 4 is 22.4 Å². The highest BCUT2D eigenvalue weighted by Crippen LogP contribution is 2.31. The number of carbonyl (C=O) groups is 1. The van der Waals surface area contributed by atoms with E-state index in [4.69, 9.17) is 5.11 Å². The van der Waals surface area contributed by atoms with Crippen LogP contribution in [0.5, 0.6) is 0 Å². The van der Waals surface area contributed by atoms with Crippen LogP contribution in [0.15, 0.2) is 60.7 Å². The maximum Gasteiger partial charge on any atom is 0.335 e. The van der Waals surface area contributed by atoms with Crippen molar-refractivity contribution in [3.8, 4) is 11.1 Å². The van der Waals surface area contributed by atoms with Crippen molar-refractivity contribution in [3.05, 3.63) is 76.3 Å². The van der Waals surface area contributed by atoms with Gasteiger partial charge in [0.25, 0.3) is 5.69 Å². The first-order valence-electron chi connectivity index (χ1n) is 6.57. The molecule has 0 atom stereocenters. The molecule has 0 spiro atoms. The van der Waals surface area contributed by atoms with Crippen LogP contribution in [0.4, 0.5) is 5.69 Å². The SMILES string of the molecule is O=C(O)c1cc(-c2cccc3ccccc23)cc([N+](=O)[O-])c1. The molecular weight excluding hydrogens is 282 g/mol. The van der Waals surface area contributed by atoms with E-state index in [2.05, 4.69) is 0 Å². The van der Waals surface area contributed by atoms with Crippen LogP contribution in [0.1, 0.15) is 10.4 Å². The molecular formula is C17H11NO4. The van der Waals surface area contributed by atoms with E-state index in [1.165, 1.54) is 12.1 Å². The lowest BCUT2D eigenvalue weighted by Crippen LogP contribution is -1.99. The van der Waals surface area contributed by atoms with E-state index in [1.807, 2.05) is 42.5 Å². The molecule has 0 aromatic heterocycles. The third kappa shape index (κ3) is 2.40. The molecule has 0 unspecified atom stereocenters. The van der Waals surface area contributed by atoms with Crippen LogP contribution in [-0.4, -0.2) is 16.0 Å². The van der Waals surface area contributed by atoms with Gasteiger partial charge in [-0.1, -0.05) is 42.5 Å². The molecule has 22 heavy (non-hydrogen) atoms. The number of hydrogen-bond donors (Lipinski definition) is 1. The summed E-state index contributed by atoms with van der Waals surface area (Å²) in [6.07, 6.45) is 0. The Morgan fingerprint density at radius 1 is 1.00 bits per heavy atom. The van der Waals surface area contributed by atoms with Gasteiger partial charge in [0.1, 0.15) is 0 Å². The normalized spacial score (nSPS) is 10.5. The highest BCUT2D eigenvalue weighted by molar-refractivity contribution is 5.98. The molecule has 1 N–H and O–H groups in total. The van der Waals surface area contributed by atoms with Gasteiger partial charge >= 0.3 is 5.97 Å². The molecule has 5 heteroatoms. The predicted molar refractivity (Wildman–Crippen MR) is 83.0 cm³/mol. The Morgan fingerprint density at radius 3 is 2.45 bits per heavy atom. The van der Waals surface area contributed by atoms with E-state index in [0.717, 1.165) is 22.4 Å². The van der Waals surface area contributed by atoms with E-state index in [1.54, 1.807) is 0 Å². The molecule has 0 aliphatic rings. The minimum Gasteiger partial charge on any atom is -0.478 e. The highest BCUT2D eigenvalue weighted by atomic mass is 16.6. The Kier molecular flexibility index (Phi) is 3.31. The smallest absolute Gasteiger partial charge is 0.335 e. The molecule has 0 amide bonds. The van der Waals surface area contributed by atoms with Crippen molar-refractivity contribution in [2.45, 2.75) is 0 Å². The average molecular weight is 293 g/mol. The molecule has 3 rings (SSSR count). The minimum atomic E-state index is -1.19. The summed E-state index contributed by atoms with van der Waals surface area (Å²) >= 11 is 0. The van der Waals surface area contributed by atoms with Crippen LogP contribution in [-0.2, 0) is 0 Å². The average Bonchev–Trinajstić information content (AvgIpc) is 2.53. The lowest BCUT2D eigenvalue weighted by atomic mass is 9.96. The monoisotopic (exact) mass is 293 g/mol. The molecule has 3 aromatic carbocycles. The van der Waals surface area contributed by atoms with Crippen molar-refractivity contribution < 1.29 is 14.8 Å². The van der Waals surface area contributed by atoms with Crippen LogP contribution in [0.2, 0.25) is 0 Å². The second kappa shape index (κ2) is 5.29.